The van der Waals surface area contributed by atoms with Gasteiger partial charge in [-0.15, -0.1) is 0 Å². The van der Waals surface area contributed by atoms with Crippen LogP contribution in [-0.4, -0.2) is 46.4 Å². The minimum atomic E-state index is -0.939. The van der Waals surface area contributed by atoms with Crippen LogP contribution in [0.15, 0.2) is 91.0 Å². The number of carbonyl (C=O) groups is 2. The molecular formula is C32H36O6S. The lowest BCUT2D eigenvalue weighted by Gasteiger charge is -2.13. The van der Waals surface area contributed by atoms with Crippen LogP contribution in [0.3, 0.4) is 0 Å². The number of benzene rings is 3. The lowest BCUT2D eigenvalue weighted by molar-refractivity contribution is -0.137. The fourth-order valence-corrected chi connectivity index (χ4v) is 4.98. The van der Waals surface area contributed by atoms with Crippen LogP contribution in [0, 0.1) is 0 Å². The number of carboxylic acid groups (broad SMARTS) is 2. The standard InChI is InChI=1S/C32H36O6S/c33-31(34)12-7-23-39-30(24-26-13-17-27(18-14-26)32(35)36)11-6-8-25-15-19-29(20-16-25)38-22-5-4-21-37-28-9-2-1-3-10-28/h1-3,6,9-11,13-20,30H,4-5,7-8,12,21-24H2,(H,33,34)(H,35,36)/b11-6-. The van der Waals surface area contributed by atoms with Gasteiger partial charge in [0.2, 0.25) is 0 Å². The number of hydrogen-bond acceptors (Lipinski definition) is 5. The summed E-state index contributed by atoms with van der Waals surface area (Å²) in [6, 6.07) is 24.9. The fourth-order valence-electron chi connectivity index (χ4n) is 3.83. The zero-order chi connectivity index (χ0) is 27.7. The smallest absolute Gasteiger partial charge is 0.335 e. The molecule has 0 saturated carbocycles. The summed E-state index contributed by atoms with van der Waals surface area (Å²) in [5, 5.41) is 18.2. The van der Waals surface area contributed by atoms with Crippen LogP contribution in [0.2, 0.25) is 0 Å². The molecule has 0 fully saturated rings. The molecule has 2 N–H and O–H groups in total. The third-order valence-electron chi connectivity index (χ3n) is 5.95. The topological polar surface area (TPSA) is 93.1 Å². The van der Waals surface area contributed by atoms with Crippen LogP contribution in [0.4, 0.5) is 0 Å². The van der Waals surface area contributed by atoms with Gasteiger partial charge in [-0.3, -0.25) is 4.79 Å². The summed E-state index contributed by atoms with van der Waals surface area (Å²) in [7, 11) is 0. The van der Waals surface area contributed by atoms with Crippen molar-refractivity contribution in [1.29, 1.82) is 0 Å². The molecule has 39 heavy (non-hydrogen) atoms. The van der Waals surface area contributed by atoms with Gasteiger partial charge in [-0.2, -0.15) is 11.8 Å². The Kier molecular flexibility index (Phi) is 13.0. The molecule has 0 amide bonds. The Balaban J connectivity index is 1.42. The Hall–Kier alpha value is -3.71. The van der Waals surface area contributed by atoms with E-state index in [0.29, 0.717) is 19.6 Å². The summed E-state index contributed by atoms with van der Waals surface area (Å²) in [4.78, 5) is 22.0. The van der Waals surface area contributed by atoms with Gasteiger partial charge in [-0.1, -0.05) is 54.6 Å². The zero-order valence-corrected chi connectivity index (χ0v) is 22.9. The van der Waals surface area contributed by atoms with Gasteiger partial charge in [0.1, 0.15) is 11.5 Å². The van der Waals surface area contributed by atoms with Crippen molar-refractivity contribution in [1.82, 2.24) is 0 Å². The van der Waals surface area contributed by atoms with Crippen LogP contribution < -0.4 is 9.47 Å². The summed E-state index contributed by atoms with van der Waals surface area (Å²) in [5.41, 5.74) is 2.49. The Morgan fingerprint density at radius 1 is 0.769 bits per heavy atom. The van der Waals surface area contributed by atoms with Crippen molar-refractivity contribution >= 4 is 23.7 Å². The van der Waals surface area contributed by atoms with Gasteiger partial charge < -0.3 is 19.7 Å². The zero-order valence-electron chi connectivity index (χ0n) is 22.0. The number of para-hydroxylation sites is 1. The van der Waals surface area contributed by atoms with Gasteiger partial charge >= 0.3 is 11.9 Å². The van der Waals surface area contributed by atoms with Crippen LogP contribution in [0.5, 0.6) is 11.5 Å². The number of aromatic carboxylic acids is 1. The highest BCUT2D eigenvalue weighted by molar-refractivity contribution is 8.00. The van der Waals surface area contributed by atoms with Crippen molar-refractivity contribution < 1.29 is 29.3 Å². The maximum absolute atomic E-state index is 11.1. The first-order valence-corrected chi connectivity index (χ1v) is 14.3. The number of thioether (sulfide) groups is 1. The van der Waals surface area contributed by atoms with Crippen molar-refractivity contribution in [3.63, 3.8) is 0 Å². The molecule has 6 nitrogen and oxygen atoms in total. The van der Waals surface area contributed by atoms with Crippen molar-refractivity contribution in [3.05, 3.63) is 108 Å². The summed E-state index contributed by atoms with van der Waals surface area (Å²) in [6.07, 6.45) is 8.45. The number of allylic oxidation sites excluding steroid dienone is 1. The van der Waals surface area contributed by atoms with Crippen molar-refractivity contribution in [2.45, 2.75) is 43.8 Å². The Bertz CT molecular complexity index is 1160. The van der Waals surface area contributed by atoms with Gasteiger partial charge in [0.25, 0.3) is 0 Å². The van der Waals surface area contributed by atoms with E-state index in [1.807, 2.05) is 54.6 Å². The average Bonchev–Trinajstić information content (AvgIpc) is 2.94. The van der Waals surface area contributed by atoms with Crippen molar-refractivity contribution in [2.24, 2.45) is 0 Å². The summed E-state index contributed by atoms with van der Waals surface area (Å²) >= 11 is 1.72. The average molecular weight is 549 g/mol. The molecule has 0 aliphatic heterocycles. The van der Waals surface area contributed by atoms with Crippen molar-refractivity contribution in [2.75, 3.05) is 19.0 Å². The highest BCUT2D eigenvalue weighted by Gasteiger charge is 2.09. The Labute approximate surface area is 234 Å². The van der Waals surface area contributed by atoms with Crippen molar-refractivity contribution in [3.8, 4) is 11.5 Å². The number of aliphatic carboxylic acids is 1. The van der Waals surface area contributed by atoms with Gasteiger partial charge in [-0.05, 0) is 85.4 Å². The Morgan fingerprint density at radius 3 is 2.00 bits per heavy atom. The number of ether oxygens (including phenoxy) is 2. The van der Waals surface area contributed by atoms with Crippen LogP contribution in [-0.2, 0) is 17.6 Å². The van der Waals surface area contributed by atoms with E-state index < -0.39 is 11.9 Å². The van der Waals surface area contributed by atoms with Crippen LogP contribution in [0.25, 0.3) is 0 Å². The third-order valence-corrected chi connectivity index (χ3v) is 7.23. The first-order chi connectivity index (χ1) is 19.0. The molecule has 0 aliphatic rings. The predicted molar refractivity (Wildman–Crippen MR) is 156 cm³/mol. The van der Waals surface area contributed by atoms with Gasteiger partial charge in [-0.25, -0.2) is 4.79 Å². The Morgan fingerprint density at radius 2 is 1.38 bits per heavy atom. The summed E-state index contributed by atoms with van der Waals surface area (Å²) in [5.74, 6) is 0.769. The molecule has 0 bridgehead atoms. The van der Waals surface area contributed by atoms with E-state index in [4.69, 9.17) is 19.7 Å². The van der Waals surface area contributed by atoms with E-state index in [2.05, 4.69) is 24.3 Å². The molecule has 0 radical (unpaired) electrons. The number of hydrogen-bond donors (Lipinski definition) is 2. The van der Waals surface area contributed by atoms with E-state index in [1.54, 1.807) is 23.9 Å². The van der Waals surface area contributed by atoms with E-state index in [1.165, 1.54) is 5.56 Å². The van der Waals surface area contributed by atoms with E-state index in [0.717, 1.165) is 48.5 Å². The minimum Gasteiger partial charge on any atom is -0.494 e. The molecule has 1 unspecified atom stereocenters. The highest BCUT2D eigenvalue weighted by atomic mass is 32.2. The van der Waals surface area contributed by atoms with Gasteiger partial charge in [0.15, 0.2) is 0 Å². The lowest BCUT2D eigenvalue weighted by atomic mass is 10.1. The SMILES string of the molecule is O=C(O)CCCSC(/C=C\Cc1ccc(OCCCCOc2ccccc2)cc1)Cc1ccc(C(=O)O)cc1. The molecule has 1 atom stereocenters. The van der Waals surface area contributed by atoms with Gasteiger partial charge in [0, 0.05) is 11.7 Å². The van der Waals surface area contributed by atoms with Crippen LogP contribution in [0.1, 0.15) is 47.2 Å². The lowest BCUT2D eigenvalue weighted by Crippen LogP contribution is -2.06. The monoisotopic (exact) mass is 548 g/mol. The molecule has 0 heterocycles. The molecule has 0 spiro atoms. The maximum Gasteiger partial charge on any atom is 0.335 e. The fraction of sp³-hybridized carbons (Fsp3) is 0.312. The third kappa shape index (κ3) is 12.1. The molecule has 3 aromatic carbocycles. The summed E-state index contributed by atoms with van der Waals surface area (Å²) < 4.78 is 11.6. The molecule has 0 aromatic heterocycles. The second-order valence-electron chi connectivity index (χ2n) is 9.11. The number of rotatable bonds is 18. The quantitative estimate of drug-likeness (QED) is 0.131. The first kappa shape index (κ1) is 29.8. The van der Waals surface area contributed by atoms with Gasteiger partial charge in [0.05, 0.1) is 18.8 Å². The number of unbranched alkanes of at least 4 members (excludes halogenated alkanes) is 1. The maximum atomic E-state index is 11.1. The van der Waals surface area contributed by atoms with E-state index >= 15 is 0 Å². The second-order valence-corrected chi connectivity index (χ2v) is 10.5. The van der Waals surface area contributed by atoms with Crippen LogP contribution >= 0.6 is 11.8 Å². The van der Waals surface area contributed by atoms with E-state index in [-0.39, 0.29) is 17.2 Å². The molecule has 7 heteroatoms. The molecular weight excluding hydrogens is 512 g/mol. The highest BCUT2D eigenvalue weighted by Crippen LogP contribution is 2.21. The molecule has 3 aromatic rings. The predicted octanol–water partition coefficient (Wildman–Crippen LogP) is 6.93. The molecule has 206 valence electrons. The molecule has 3 rings (SSSR count). The number of carboxylic acids is 2. The minimum absolute atomic E-state index is 0.159. The largest absolute Gasteiger partial charge is 0.494 e. The molecule has 0 saturated heterocycles. The molecule has 0 aliphatic carbocycles. The van der Waals surface area contributed by atoms with E-state index in [9.17, 15) is 9.59 Å². The normalized spacial score (nSPS) is 11.8. The second kappa shape index (κ2) is 17.0. The first-order valence-electron chi connectivity index (χ1n) is 13.2. The summed E-state index contributed by atoms with van der Waals surface area (Å²) in [6.45, 7) is 1.32.